The molecule has 0 radical (unpaired) electrons. The first kappa shape index (κ1) is 15.3. The number of rotatable bonds is 5. The number of amides is 1. The summed E-state index contributed by atoms with van der Waals surface area (Å²) >= 11 is 0. The Morgan fingerprint density at radius 2 is 2.11 bits per heavy atom. The maximum Gasteiger partial charge on any atom is 0.406 e. The van der Waals surface area contributed by atoms with Gasteiger partial charge in [0.2, 0.25) is 0 Å². The highest BCUT2D eigenvalue weighted by Crippen LogP contribution is 2.20. The van der Waals surface area contributed by atoms with Crippen molar-refractivity contribution in [3.05, 3.63) is 11.4 Å². The summed E-state index contributed by atoms with van der Waals surface area (Å²) in [4.78, 5) is 12.8. The Balaban J connectivity index is 2.90. The Hall–Kier alpha value is -1.73. The maximum atomic E-state index is 12.5. The third-order valence-electron chi connectivity index (χ3n) is 2.64. The van der Waals surface area contributed by atoms with Gasteiger partial charge < -0.3 is 10.6 Å². The molecule has 8 heteroatoms. The predicted octanol–water partition coefficient (Wildman–Crippen LogP) is 2.10. The number of aryl methyl sites for hydroxylation is 1. The molecule has 0 aromatic carbocycles. The number of alkyl halides is 3. The number of unbranched alkanes of at least 4 members (excludes halogenated alkanes) is 1. The minimum Gasteiger partial charge on any atom is -0.395 e. The molecule has 1 aromatic rings. The van der Waals surface area contributed by atoms with Gasteiger partial charge in [0.1, 0.15) is 6.54 Å². The van der Waals surface area contributed by atoms with Crippen molar-refractivity contribution in [3.63, 3.8) is 0 Å². The van der Waals surface area contributed by atoms with E-state index in [1.54, 1.807) is 6.92 Å². The van der Waals surface area contributed by atoms with E-state index < -0.39 is 18.6 Å². The van der Waals surface area contributed by atoms with Crippen molar-refractivity contribution in [2.75, 3.05) is 18.8 Å². The second-order valence-corrected chi connectivity index (χ2v) is 4.31. The van der Waals surface area contributed by atoms with Gasteiger partial charge in [0, 0.05) is 6.54 Å². The molecule has 0 saturated heterocycles. The normalized spacial score (nSPS) is 11.6. The van der Waals surface area contributed by atoms with Gasteiger partial charge in [0.05, 0.1) is 11.4 Å². The fraction of sp³-hybridized carbons (Fsp3) is 0.636. The van der Waals surface area contributed by atoms with Crippen LogP contribution in [0.15, 0.2) is 0 Å². The Kier molecular flexibility index (Phi) is 4.79. The molecule has 1 rings (SSSR count). The molecule has 108 valence electrons. The second kappa shape index (κ2) is 5.94. The highest BCUT2D eigenvalue weighted by atomic mass is 19.4. The minimum atomic E-state index is -4.44. The molecule has 0 aliphatic carbocycles. The molecule has 19 heavy (non-hydrogen) atoms. The first-order chi connectivity index (χ1) is 8.76. The van der Waals surface area contributed by atoms with E-state index in [0.717, 1.165) is 4.90 Å². The first-order valence-electron chi connectivity index (χ1n) is 5.92. The monoisotopic (exact) mass is 278 g/mol. The number of anilines is 1. The molecule has 0 fully saturated rings. The van der Waals surface area contributed by atoms with E-state index in [9.17, 15) is 18.0 Å². The Morgan fingerprint density at radius 1 is 1.47 bits per heavy atom. The average Bonchev–Trinajstić information content (AvgIpc) is 2.63. The van der Waals surface area contributed by atoms with Gasteiger partial charge in [-0.05, 0) is 13.3 Å². The van der Waals surface area contributed by atoms with Crippen LogP contribution in [0.3, 0.4) is 0 Å². The van der Waals surface area contributed by atoms with Crippen LogP contribution in [0.25, 0.3) is 0 Å². The summed E-state index contributed by atoms with van der Waals surface area (Å²) in [7, 11) is 0. The minimum absolute atomic E-state index is 0.0280. The molecule has 0 atom stereocenters. The summed E-state index contributed by atoms with van der Waals surface area (Å²) in [6, 6.07) is 0. The number of nitrogen functional groups attached to an aromatic ring is 1. The van der Waals surface area contributed by atoms with Crippen LogP contribution < -0.4 is 5.73 Å². The molecule has 0 bridgehead atoms. The Morgan fingerprint density at radius 3 is 2.53 bits per heavy atom. The van der Waals surface area contributed by atoms with Crippen LogP contribution in [0.2, 0.25) is 0 Å². The van der Waals surface area contributed by atoms with Crippen molar-refractivity contribution >= 4 is 11.6 Å². The molecule has 1 aromatic heterocycles. The number of aromatic nitrogens is 2. The Labute approximate surface area is 109 Å². The van der Waals surface area contributed by atoms with Gasteiger partial charge in [-0.15, -0.1) is 0 Å². The van der Waals surface area contributed by atoms with Gasteiger partial charge in [0.15, 0.2) is 5.69 Å². The van der Waals surface area contributed by atoms with Crippen LogP contribution in [-0.4, -0.2) is 40.3 Å². The number of hydrogen-bond donors (Lipinski definition) is 2. The summed E-state index contributed by atoms with van der Waals surface area (Å²) in [6.07, 6.45) is -3.26. The molecule has 0 spiro atoms. The smallest absolute Gasteiger partial charge is 0.395 e. The lowest BCUT2D eigenvalue weighted by atomic mass is 10.2. The topological polar surface area (TPSA) is 75.0 Å². The summed E-state index contributed by atoms with van der Waals surface area (Å²) in [5.74, 6) is -0.798. The van der Waals surface area contributed by atoms with Crippen molar-refractivity contribution in [3.8, 4) is 0 Å². The molecule has 0 saturated carbocycles. The molecule has 0 aliphatic rings. The van der Waals surface area contributed by atoms with Gasteiger partial charge in [-0.3, -0.25) is 9.89 Å². The fourth-order valence-corrected chi connectivity index (χ4v) is 1.57. The van der Waals surface area contributed by atoms with Crippen molar-refractivity contribution in [2.45, 2.75) is 32.9 Å². The zero-order valence-corrected chi connectivity index (χ0v) is 10.8. The highest BCUT2D eigenvalue weighted by Gasteiger charge is 2.34. The second-order valence-electron chi connectivity index (χ2n) is 4.31. The largest absolute Gasteiger partial charge is 0.406 e. The van der Waals surface area contributed by atoms with Gasteiger partial charge in [-0.2, -0.15) is 18.3 Å². The van der Waals surface area contributed by atoms with Crippen molar-refractivity contribution in [1.29, 1.82) is 0 Å². The third kappa shape index (κ3) is 4.15. The lowest BCUT2D eigenvalue weighted by Gasteiger charge is -2.23. The quantitative estimate of drug-likeness (QED) is 0.866. The molecule has 1 amide bonds. The van der Waals surface area contributed by atoms with E-state index >= 15 is 0 Å². The van der Waals surface area contributed by atoms with Crippen molar-refractivity contribution < 1.29 is 18.0 Å². The maximum absolute atomic E-state index is 12.5. The number of hydrogen-bond acceptors (Lipinski definition) is 3. The number of H-pyrrole nitrogens is 1. The first-order valence-corrected chi connectivity index (χ1v) is 5.92. The van der Waals surface area contributed by atoms with Gasteiger partial charge in [-0.1, -0.05) is 13.3 Å². The van der Waals surface area contributed by atoms with Gasteiger partial charge >= 0.3 is 6.18 Å². The summed E-state index contributed by atoms with van der Waals surface area (Å²) < 4.78 is 37.4. The van der Waals surface area contributed by atoms with E-state index in [0.29, 0.717) is 18.5 Å². The van der Waals surface area contributed by atoms with Crippen LogP contribution in [0, 0.1) is 6.92 Å². The summed E-state index contributed by atoms with van der Waals surface area (Å²) in [6.45, 7) is 2.17. The van der Waals surface area contributed by atoms with E-state index in [2.05, 4.69) is 10.2 Å². The molecule has 3 N–H and O–H groups in total. The fourth-order valence-electron chi connectivity index (χ4n) is 1.57. The van der Waals surface area contributed by atoms with Crippen molar-refractivity contribution in [1.82, 2.24) is 15.1 Å². The van der Waals surface area contributed by atoms with E-state index in [-0.39, 0.29) is 17.9 Å². The van der Waals surface area contributed by atoms with Crippen molar-refractivity contribution in [2.24, 2.45) is 0 Å². The molecule has 0 aliphatic heterocycles. The summed E-state index contributed by atoms with van der Waals surface area (Å²) in [5, 5.41) is 6.15. The zero-order chi connectivity index (χ0) is 14.6. The molecular weight excluding hydrogens is 261 g/mol. The third-order valence-corrected chi connectivity index (χ3v) is 2.64. The van der Waals surface area contributed by atoms with Crippen LogP contribution in [-0.2, 0) is 0 Å². The Bertz CT molecular complexity index is 442. The highest BCUT2D eigenvalue weighted by molar-refractivity contribution is 5.97. The molecule has 5 nitrogen and oxygen atoms in total. The standard InChI is InChI=1S/C11H17F3N4O/c1-3-4-5-18(6-11(12,13)14)10(19)9-8(15)7(2)16-17-9/h3-6,15H2,1-2H3,(H,16,17). The van der Waals surface area contributed by atoms with E-state index in [4.69, 9.17) is 5.73 Å². The lowest BCUT2D eigenvalue weighted by molar-refractivity contribution is -0.140. The number of halogens is 3. The van der Waals surface area contributed by atoms with E-state index in [1.165, 1.54) is 0 Å². The van der Waals surface area contributed by atoms with Crippen LogP contribution in [0.5, 0.6) is 0 Å². The van der Waals surface area contributed by atoms with E-state index in [1.807, 2.05) is 6.92 Å². The number of nitrogens with zero attached hydrogens (tertiary/aromatic N) is 2. The lowest BCUT2D eigenvalue weighted by Crippen LogP contribution is -2.40. The van der Waals surface area contributed by atoms with Gasteiger partial charge in [0.25, 0.3) is 5.91 Å². The average molecular weight is 278 g/mol. The molecular formula is C11H17F3N4O. The number of aromatic amines is 1. The summed E-state index contributed by atoms with van der Waals surface area (Å²) in [5.41, 5.74) is 6.01. The number of carbonyl (C=O) groups is 1. The predicted molar refractivity (Wildman–Crippen MR) is 64.6 cm³/mol. The number of carbonyl (C=O) groups excluding carboxylic acids is 1. The molecule has 0 unspecified atom stereocenters. The SMILES string of the molecule is CCCCN(CC(F)(F)F)C(=O)c1n[nH]c(C)c1N. The van der Waals surface area contributed by atoms with Crippen LogP contribution in [0.1, 0.15) is 35.9 Å². The zero-order valence-electron chi connectivity index (χ0n) is 10.8. The van der Waals surface area contributed by atoms with Crippen LogP contribution in [0.4, 0.5) is 18.9 Å². The number of nitrogens with two attached hydrogens (primary N) is 1. The van der Waals surface area contributed by atoms with Gasteiger partial charge in [-0.25, -0.2) is 0 Å². The van der Waals surface area contributed by atoms with Crippen LogP contribution >= 0.6 is 0 Å². The number of nitrogens with one attached hydrogen (secondary N) is 1. The molecule has 1 heterocycles.